The Morgan fingerprint density at radius 3 is 3.00 bits per heavy atom. The van der Waals surface area contributed by atoms with E-state index in [1.807, 2.05) is 28.7 Å². The number of rotatable bonds is 4. The van der Waals surface area contributed by atoms with Gasteiger partial charge >= 0.3 is 0 Å². The van der Waals surface area contributed by atoms with E-state index in [9.17, 15) is 9.59 Å². The summed E-state index contributed by atoms with van der Waals surface area (Å²) in [5.74, 6) is 1.91. The molecule has 1 saturated heterocycles. The minimum absolute atomic E-state index is 0.0337. The van der Waals surface area contributed by atoms with Crippen LogP contribution >= 0.6 is 23.1 Å². The number of nitrogens with zero attached hydrogens (tertiary/aromatic N) is 5. The molecule has 0 saturated carbocycles. The summed E-state index contributed by atoms with van der Waals surface area (Å²) in [6.07, 6.45) is 2.11. The zero-order valence-electron chi connectivity index (χ0n) is 17.4. The van der Waals surface area contributed by atoms with E-state index in [-0.39, 0.29) is 23.4 Å². The summed E-state index contributed by atoms with van der Waals surface area (Å²) in [7, 11) is 0. The first-order valence-corrected chi connectivity index (χ1v) is 12.3. The number of thioether (sulfide) groups is 1. The molecule has 31 heavy (non-hydrogen) atoms. The Hall–Kier alpha value is -2.46. The van der Waals surface area contributed by atoms with Crippen molar-refractivity contribution in [3.63, 3.8) is 0 Å². The van der Waals surface area contributed by atoms with Crippen LogP contribution < -0.4 is 5.56 Å². The number of amides is 1. The van der Waals surface area contributed by atoms with Gasteiger partial charge < -0.3 is 9.32 Å². The van der Waals surface area contributed by atoms with Gasteiger partial charge in [-0.3, -0.25) is 14.2 Å². The van der Waals surface area contributed by atoms with Crippen LogP contribution in [-0.4, -0.2) is 49.4 Å². The van der Waals surface area contributed by atoms with Crippen molar-refractivity contribution in [3.8, 4) is 11.5 Å². The minimum atomic E-state index is -0.152. The number of thiophene rings is 1. The number of hydrogen-bond acceptors (Lipinski definition) is 8. The second-order valence-electron chi connectivity index (χ2n) is 8.09. The molecule has 0 aromatic carbocycles. The minimum Gasteiger partial charge on any atom is -0.420 e. The third kappa shape index (κ3) is 3.82. The molecule has 0 aliphatic carbocycles. The van der Waals surface area contributed by atoms with Gasteiger partial charge in [-0.15, -0.1) is 10.2 Å². The first kappa shape index (κ1) is 20.4. The van der Waals surface area contributed by atoms with Crippen LogP contribution in [0, 0.1) is 13.8 Å². The zero-order chi connectivity index (χ0) is 21.5. The van der Waals surface area contributed by atoms with Crippen molar-refractivity contribution in [2.75, 3.05) is 18.8 Å². The number of likely N-dealkylation sites (tertiary alicyclic amines) is 1. The van der Waals surface area contributed by atoms with Crippen LogP contribution in [0.3, 0.4) is 0 Å². The Balaban J connectivity index is 1.28. The standard InChI is InChI=1S/C21H23N5O3S2/c1-12-13(2)22-21-26(20(12)28)16(11-31-21)8-17(27)25-6-3-4-14(9-25)18-23-24-19(29-18)15-5-7-30-10-15/h5,7,10,14,16H,3-4,6,8-9,11H2,1-2H3/t14-,16-/m0/s1. The third-order valence-corrected chi connectivity index (χ3v) is 7.84. The van der Waals surface area contributed by atoms with E-state index in [0.717, 1.165) is 24.1 Å². The van der Waals surface area contributed by atoms with Gasteiger partial charge in [0.25, 0.3) is 5.56 Å². The van der Waals surface area contributed by atoms with Gasteiger partial charge in [0.2, 0.25) is 17.7 Å². The number of piperidine rings is 1. The van der Waals surface area contributed by atoms with Crippen molar-refractivity contribution >= 4 is 29.0 Å². The van der Waals surface area contributed by atoms with Gasteiger partial charge in [0, 0.05) is 47.5 Å². The predicted octanol–water partition coefficient (Wildman–Crippen LogP) is 3.41. The smallest absolute Gasteiger partial charge is 0.257 e. The number of aromatic nitrogens is 4. The van der Waals surface area contributed by atoms with Crippen molar-refractivity contribution in [3.05, 3.63) is 44.3 Å². The van der Waals surface area contributed by atoms with E-state index < -0.39 is 0 Å². The van der Waals surface area contributed by atoms with Gasteiger partial charge in [0.15, 0.2) is 5.16 Å². The molecule has 5 rings (SSSR count). The second-order valence-corrected chi connectivity index (χ2v) is 9.85. The maximum Gasteiger partial charge on any atom is 0.257 e. The topological polar surface area (TPSA) is 94.1 Å². The first-order chi connectivity index (χ1) is 15.0. The van der Waals surface area contributed by atoms with Crippen LogP contribution in [-0.2, 0) is 4.79 Å². The number of aryl methyl sites for hydroxylation is 1. The van der Waals surface area contributed by atoms with Crippen molar-refractivity contribution in [2.24, 2.45) is 0 Å². The molecule has 162 valence electrons. The van der Waals surface area contributed by atoms with Crippen LogP contribution in [0.1, 0.15) is 48.4 Å². The van der Waals surface area contributed by atoms with Crippen molar-refractivity contribution in [1.82, 2.24) is 24.6 Å². The molecule has 0 N–H and O–H groups in total. The lowest BCUT2D eigenvalue weighted by atomic mass is 9.97. The van der Waals surface area contributed by atoms with E-state index in [2.05, 4.69) is 15.2 Å². The zero-order valence-corrected chi connectivity index (χ0v) is 19.0. The summed E-state index contributed by atoms with van der Waals surface area (Å²) in [6.45, 7) is 4.93. The molecule has 2 aliphatic heterocycles. The molecule has 0 radical (unpaired) electrons. The van der Waals surface area contributed by atoms with Crippen LogP contribution in [0.4, 0.5) is 0 Å². The molecule has 5 heterocycles. The van der Waals surface area contributed by atoms with E-state index in [4.69, 9.17) is 4.42 Å². The molecular weight excluding hydrogens is 434 g/mol. The molecule has 0 bridgehead atoms. The fraction of sp³-hybridized carbons (Fsp3) is 0.476. The Labute approximate surface area is 187 Å². The average molecular weight is 458 g/mol. The van der Waals surface area contributed by atoms with Crippen molar-refractivity contribution in [2.45, 2.75) is 50.2 Å². The maximum absolute atomic E-state index is 13.1. The normalized spacial score (nSPS) is 20.8. The van der Waals surface area contributed by atoms with Gasteiger partial charge in [-0.05, 0) is 38.1 Å². The monoisotopic (exact) mass is 457 g/mol. The highest BCUT2D eigenvalue weighted by molar-refractivity contribution is 7.99. The highest BCUT2D eigenvalue weighted by Gasteiger charge is 2.33. The summed E-state index contributed by atoms with van der Waals surface area (Å²) in [6, 6.07) is 1.80. The second kappa shape index (κ2) is 8.23. The molecule has 0 spiro atoms. The van der Waals surface area contributed by atoms with E-state index in [1.54, 1.807) is 34.6 Å². The molecule has 2 atom stereocenters. The summed E-state index contributed by atoms with van der Waals surface area (Å²) < 4.78 is 7.61. The van der Waals surface area contributed by atoms with E-state index >= 15 is 0 Å². The summed E-state index contributed by atoms with van der Waals surface area (Å²) in [5, 5.41) is 13.1. The van der Waals surface area contributed by atoms with Crippen LogP contribution in [0.15, 0.2) is 31.2 Å². The van der Waals surface area contributed by atoms with Gasteiger partial charge in [0.1, 0.15) is 0 Å². The fourth-order valence-electron chi connectivity index (χ4n) is 4.16. The third-order valence-electron chi connectivity index (χ3n) is 6.06. The molecule has 1 fully saturated rings. The van der Waals surface area contributed by atoms with Crippen molar-refractivity contribution in [1.29, 1.82) is 0 Å². The predicted molar refractivity (Wildman–Crippen MR) is 119 cm³/mol. The maximum atomic E-state index is 13.1. The van der Waals surface area contributed by atoms with E-state index in [1.165, 1.54) is 0 Å². The van der Waals surface area contributed by atoms with Gasteiger partial charge in [-0.25, -0.2) is 4.98 Å². The average Bonchev–Trinajstić information content (AvgIpc) is 3.53. The lowest BCUT2D eigenvalue weighted by molar-refractivity contribution is -0.133. The number of hydrogen-bond donors (Lipinski definition) is 0. The Bertz CT molecular complexity index is 1170. The van der Waals surface area contributed by atoms with Gasteiger partial charge in [-0.2, -0.15) is 11.3 Å². The largest absolute Gasteiger partial charge is 0.420 e. The Kier molecular flexibility index (Phi) is 5.43. The number of carbonyl (C=O) groups excluding carboxylic acids is 1. The van der Waals surface area contributed by atoms with Crippen molar-refractivity contribution < 1.29 is 9.21 Å². The summed E-state index contributed by atoms with van der Waals surface area (Å²) >= 11 is 3.13. The van der Waals surface area contributed by atoms with Crippen LogP contribution in [0.2, 0.25) is 0 Å². The van der Waals surface area contributed by atoms with Gasteiger partial charge in [-0.1, -0.05) is 11.8 Å². The number of fused-ring (bicyclic) bond motifs is 1. The highest BCUT2D eigenvalue weighted by atomic mass is 32.2. The quantitative estimate of drug-likeness (QED) is 0.554. The molecule has 0 unspecified atom stereocenters. The molecule has 3 aromatic heterocycles. The number of carbonyl (C=O) groups is 1. The van der Waals surface area contributed by atoms with Crippen LogP contribution in [0.5, 0.6) is 0 Å². The molecule has 10 heteroatoms. The van der Waals surface area contributed by atoms with E-state index in [0.29, 0.717) is 47.8 Å². The Morgan fingerprint density at radius 1 is 1.32 bits per heavy atom. The molecule has 2 aliphatic rings. The fourth-order valence-corrected chi connectivity index (χ4v) is 5.97. The highest BCUT2D eigenvalue weighted by Crippen LogP contribution is 2.34. The van der Waals surface area contributed by atoms with Crippen LogP contribution in [0.25, 0.3) is 11.5 Å². The summed E-state index contributed by atoms with van der Waals surface area (Å²) in [5.41, 5.74) is 2.30. The molecule has 1 amide bonds. The summed E-state index contributed by atoms with van der Waals surface area (Å²) in [4.78, 5) is 32.3. The van der Waals surface area contributed by atoms with Gasteiger partial charge in [0.05, 0.1) is 12.0 Å². The first-order valence-electron chi connectivity index (χ1n) is 10.4. The Morgan fingerprint density at radius 2 is 2.19 bits per heavy atom. The lowest BCUT2D eigenvalue weighted by Gasteiger charge is -2.32. The molecule has 3 aromatic rings. The molecule has 8 nitrogen and oxygen atoms in total. The molecular formula is C21H23N5O3S2. The SMILES string of the molecule is Cc1nc2n(c(=O)c1C)[C@@H](CC(=O)N1CCC[C@H](c3nnc(-c4ccsc4)o3)C1)CS2. The lowest BCUT2D eigenvalue weighted by Crippen LogP contribution is -2.40.